The Bertz CT molecular complexity index is 2450. The fraction of sp³-hybridized carbons (Fsp3) is 0.333. The lowest BCUT2D eigenvalue weighted by molar-refractivity contribution is -0.0399. The maximum atomic E-state index is 2.60. The minimum atomic E-state index is 0.189. The first-order valence-corrected chi connectivity index (χ1v) is 20.5. The standard InChI is InChI=1S/C51H45N/c1-2-10-40-34(8-1)9-7-15-49(40)52(38-18-20-46-43(28-38)41-11-3-5-13-45(41)50(46)30-31-16-17-35(50)23-31)39-19-21-48-44(29-39)42-12-4-6-14-47(42)51(48)36-24-32-22-33(26-36)27-37(51)25-32/h1-15,18-21,28-29,31-33,35-37H,16-17,22-27,30H2. The van der Waals surface area contributed by atoms with Gasteiger partial charge in [-0.05, 0) is 167 Å². The van der Waals surface area contributed by atoms with Crippen LogP contribution in [0.4, 0.5) is 17.1 Å². The third-order valence-electron chi connectivity index (χ3n) is 16.1. The van der Waals surface area contributed by atoms with E-state index in [1.54, 1.807) is 22.3 Å². The Morgan fingerprint density at radius 3 is 1.75 bits per heavy atom. The van der Waals surface area contributed by atoms with E-state index in [0.717, 1.165) is 35.5 Å². The molecular formula is C51H45N. The number of hydrogen-bond donors (Lipinski definition) is 0. The second-order valence-electron chi connectivity index (χ2n) is 18.1. The van der Waals surface area contributed by atoms with Crippen LogP contribution in [0.15, 0.2) is 127 Å². The first-order valence-electron chi connectivity index (χ1n) is 20.5. The third-order valence-corrected chi connectivity index (χ3v) is 16.1. The lowest BCUT2D eigenvalue weighted by atomic mass is 9.43. The Hall–Kier alpha value is -4.62. The maximum absolute atomic E-state index is 2.60. The van der Waals surface area contributed by atoms with Gasteiger partial charge in [0.1, 0.15) is 0 Å². The van der Waals surface area contributed by atoms with E-state index in [2.05, 4.69) is 132 Å². The smallest absolute Gasteiger partial charge is 0.0540 e. The van der Waals surface area contributed by atoms with Gasteiger partial charge in [0.05, 0.1) is 5.69 Å². The van der Waals surface area contributed by atoms with E-state index >= 15 is 0 Å². The zero-order valence-electron chi connectivity index (χ0n) is 29.9. The molecule has 6 aromatic carbocycles. The summed E-state index contributed by atoms with van der Waals surface area (Å²) in [5.41, 5.74) is 16.5. The number of benzene rings is 6. The normalized spacial score (nSPS) is 32.1. The van der Waals surface area contributed by atoms with Crippen LogP contribution in [0.2, 0.25) is 0 Å². The molecule has 14 rings (SSSR count). The quantitative estimate of drug-likeness (QED) is 0.181. The van der Waals surface area contributed by atoms with Crippen LogP contribution in [0.25, 0.3) is 33.0 Å². The van der Waals surface area contributed by atoms with Gasteiger partial charge in [-0.3, -0.25) is 0 Å². The average molecular weight is 672 g/mol. The monoisotopic (exact) mass is 671 g/mol. The Labute approximate surface area is 307 Å². The van der Waals surface area contributed by atoms with E-state index < -0.39 is 0 Å². The van der Waals surface area contributed by atoms with Crippen LogP contribution in [0.5, 0.6) is 0 Å². The van der Waals surface area contributed by atoms with Gasteiger partial charge in [-0.1, -0.05) is 103 Å². The fourth-order valence-corrected chi connectivity index (χ4v) is 14.6. The molecular weight excluding hydrogens is 627 g/mol. The minimum Gasteiger partial charge on any atom is -0.310 e. The summed E-state index contributed by atoms with van der Waals surface area (Å²) >= 11 is 0. The average Bonchev–Trinajstić information content (AvgIpc) is 3.94. The molecule has 1 heteroatoms. The molecule has 6 saturated carbocycles. The summed E-state index contributed by atoms with van der Waals surface area (Å²) in [7, 11) is 0. The Balaban J connectivity index is 1.03. The molecule has 52 heavy (non-hydrogen) atoms. The summed E-state index contributed by atoms with van der Waals surface area (Å²) in [6.07, 6.45) is 12.7. The van der Waals surface area contributed by atoms with E-state index in [0.29, 0.717) is 0 Å². The van der Waals surface area contributed by atoms with Crippen molar-refractivity contribution in [3.05, 3.63) is 150 Å². The van der Waals surface area contributed by atoms with Gasteiger partial charge >= 0.3 is 0 Å². The SMILES string of the molecule is c1ccc2c(c1)-c1cc(N(c3ccc4c(c3)-c3ccccc3C43C4CC5CC(C4)CC3C5)c3cccc4ccccc34)ccc1C21CC2CCC1C2. The van der Waals surface area contributed by atoms with Crippen molar-refractivity contribution in [2.24, 2.45) is 35.5 Å². The topological polar surface area (TPSA) is 3.24 Å². The van der Waals surface area contributed by atoms with Crippen LogP contribution in [0.3, 0.4) is 0 Å². The van der Waals surface area contributed by atoms with Crippen molar-refractivity contribution >= 4 is 27.8 Å². The van der Waals surface area contributed by atoms with Gasteiger partial charge in [-0.15, -0.1) is 0 Å². The summed E-state index contributed by atoms with van der Waals surface area (Å²) in [5.74, 6) is 5.11. The molecule has 0 amide bonds. The third kappa shape index (κ3) is 3.47. The van der Waals surface area contributed by atoms with Crippen molar-refractivity contribution in [1.29, 1.82) is 0 Å². The zero-order chi connectivity index (χ0) is 33.8. The largest absolute Gasteiger partial charge is 0.310 e. The van der Waals surface area contributed by atoms with Gasteiger partial charge in [0.25, 0.3) is 0 Å². The number of fused-ring (bicyclic) bond motifs is 12. The second-order valence-corrected chi connectivity index (χ2v) is 18.1. The van der Waals surface area contributed by atoms with E-state index in [-0.39, 0.29) is 10.8 Å². The molecule has 0 radical (unpaired) electrons. The molecule has 0 saturated heterocycles. The fourth-order valence-electron chi connectivity index (χ4n) is 14.6. The molecule has 8 aliphatic carbocycles. The lowest BCUT2D eigenvalue weighted by Crippen LogP contribution is -2.55. The van der Waals surface area contributed by atoms with Crippen molar-refractivity contribution in [3.8, 4) is 22.3 Å². The molecule has 254 valence electrons. The highest BCUT2D eigenvalue weighted by atomic mass is 15.1. The van der Waals surface area contributed by atoms with Crippen molar-refractivity contribution in [3.63, 3.8) is 0 Å². The van der Waals surface area contributed by atoms with Crippen molar-refractivity contribution in [1.82, 2.24) is 0 Å². The predicted octanol–water partition coefficient (Wildman–Crippen LogP) is 13.1. The van der Waals surface area contributed by atoms with E-state index in [1.807, 2.05) is 0 Å². The van der Waals surface area contributed by atoms with Crippen LogP contribution in [-0.2, 0) is 10.8 Å². The van der Waals surface area contributed by atoms with E-state index in [4.69, 9.17) is 0 Å². The van der Waals surface area contributed by atoms with E-state index in [1.165, 1.54) is 108 Å². The van der Waals surface area contributed by atoms with Crippen LogP contribution >= 0.6 is 0 Å². The Morgan fingerprint density at radius 1 is 0.442 bits per heavy atom. The van der Waals surface area contributed by atoms with Gasteiger partial charge in [-0.2, -0.15) is 0 Å². The van der Waals surface area contributed by atoms with Crippen LogP contribution in [0.1, 0.15) is 80.0 Å². The Morgan fingerprint density at radius 2 is 1.02 bits per heavy atom. The van der Waals surface area contributed by atoms with Gasteiger partial charge in [-0.25, -0.2) is 0 Å². The van der Waals surface area contributed by atoms with Gasteiger partial charge in [0, 0.05) is 27.6 Å². The molecule has 0 heterocycles. The van der Waals surface area contributed by atoms with Crippen molar-refractivity contribution in [2.45, 2.75) is 68.6 Å². The molecule has 3 atom stereocenters. The summed E-state index contributed by atoms with van der Waals surface area (Å²) in [5, 5.41) is 2.59. The number of hydrogen-bond acceptors (Lipinski definition) is 1. The Kier molecular flexibility index (Phi) is 5.60. The summed E-state index contributed by atoms with van der Waals surface area (Å²) < 4.78 is 0. The molecule has 2 spiro atoms. The van der Waals surface area contributed by atoms with Crippen LogP contribution < -0.4 is 4.90 Å². The van der Waals surface area contributed by atoms with Gasteiger partial charge < -0.3 is 4.90 Å². The number of nitrogens with zero attached hydrogens (tertiary/aromatic N) is 1. The number of rotatable bonds is 3. The molecule has 0 aromatic heterocycles. The minimum absolute atomic E-state index is 0.189. The highest BCUT2D eigenvalue weighted by molar-refractivity contribution is 6.00. The molecule has 1 nitrogen and oxygen atoms in total. The molecule has 8 aliphatic rings. The van der Waals surface area contributed by atoms with Crippen LogP contribution in [-0.4, -0.2) is 0 Å². The molecule has 0 N–H and O–H groups in total. The molecule has 3 unspecified atom stereocenters. The summed E-state index contributed by atoms with van der Waals surface area (Å²) in [6, 6.07) is 50.1. The van der Waals surface area contributed by atoms with Gasteiger partial charge in [0.15, 0.2) is 0 Å². The molecule has 6 aromatic rings. The zero-order valence-corrected chi connectivity index (χ0v) is 29.9. The molecule has 6 fully saturated rings. The molecule has 0 aliphatic heterocycles. The highest BCUT2D eigenvalue weighted by Crippen LogP contribution is 2.70. The van der Waals surface area contributed by atoms with Crippen molar-refractivity contribution in [2.75, 3.05) is 4.90 Å². The first-order chi connectivity index (χ1) is 25.7. The second kappa shape index (κ2) is 10.1. The summed E-state index contributed by atoms with van der Waals surface area (Å²) in [6.45, 7) is 0. The maximum Gasteiger partial charge on any atom is 0.0540 e. The van der Waals surface area contributed by atoms with Crippen molar-refractivity contribution < 1.29 is 0 Å². The van der Waals surface area contributed by atoms with Gasteiger partial charge in [0.2, 0.25) is 0 Å². The van der Waals surface area contributed by atoms with E-state index in [9.17, 15) is 0 Å². The lowest BCUT2D eigenvalue weighted by Gasteiger charge is -2.61. The predicted molar refractivity (Wildman–Crippen MR) is 214 cm³/mol. The molecule has 6 bridgehead atoms. The highest BCUT2D eigenvalue weighted by Gasteiger charge is 2.61. The number of anilines is 3. The first kappa shape index (κ1) is 28.9. The summed E-state index contributed by atoms with van der Waals surface area (Å²) in [4.78, 5) is 2.60. The van der Waals surface area contributed by atoms with Crippen LogP contribution in [0, 0.1) is 35.5 Å².